The monoisotopic (exact) mass is 402 g/mol. The van der Waals surface area contributed by atoms with Crippen molar-refractivity contribution in [3.63, 3.8) is 0 Å². The van der Waals surface area contributed by atoms with Crippen LogP contribution >= 0.6 is 0 Å². The number of methoxy groups -OCH3 is 2. The van der Waals surface area contributed by atoms with Crippen molar-refractivity contribution in [2.45, 2.75) is 20.8 Å². The van der Waals surface area contributed by atoms with Gasteiger partial charge in [0.2, 0.25) is 5.88 Å². The quantitative estimate of drug-likeness (QED) is 0.473. The minimum absolute atomic E-state index is 0.402. The highest BCUT2D eigenvalue weighted by Gasteiger charge is 2.17. The Labute approximate surface area is 174 Å². The van der Waals surface area contributed by atoms with Crippen molar-refractivity contribution in [2.24, 2.45) is 0 Å². The fourth-order valence-electron chi connectivity index (χ4n) is 3.09. The minimum atomic E-state index is 0.402. The van der Waals surface area contributed by atoms with Crippen LogP contribution in [0.25, 0.3) is 22.3 Å². The topological polar surface area (TPSA) is 79.3 Å². The molecule has 30 heavy (non-hydrogen) atoms. The van der Waals surface area contributed by atoms with Crippen molar-refractivity contribution in [1.82, 2.24) is 19.9 Å². The lowest BCUT2D eigenvalue weighted by atomic mass is 10.1. The van der Waals surface area contributed by atoms with Gasteiger partial charge in [0.25, 0.3) is 0 Å². The molecule has 0 aliphatic carbocycles. The lowest BCUT2D eigenvalue weighted by molar-refractivity contribution is 0.355. The van der Waals surface area contributed by atoms with Gasteiger partial charge >= 0.3 is 0 Å². The third kappa shape index (κ3) is 3.61. The second kappa shape index (κ2) is 7.94. The molecule has 0 saturated heterocycles. The highest BCUT2D eigenvalue weighted by molar-refractivity contribution is 5.87. The van der Waals surface area contributed by atoms with E-state index in [0.29, 0.717) is 39.7 Å². The van der Waals surface area contributed by atoms with Gasteiger partial charge in [0, 0.05) is 18.0 Å². The molecule has 1 aromatic carbocycles. The maximum atomic E-state index is 6.27. The number of fused-ring (bicyclic) bond motifs is 1. The first kappa shape index (κ1) is 19.6. The van der Waals surface area contributed by atoms with Gasteiger partial charge in [-0.15, -0.1) is 0 Å². The number of benzene rings is 1. The summed E-state index contributed by atoms with van der Waals surface area (Å²) in [5.41, 5.74) is 5.08. The van der Waals surface area contributed by atoms with Gasteiger partial charge in [-0.25, -0.2) is 15.0 Å². The second-order valence-corrected chi connectivity index (χ2v) is 6.96. The van der Waals surface area contributed by atoms with E-state index >= 15 is 0 Å². The molecule has 0 spiro atoms. The molecular weight excluding hydrogens is 380 g/mol. The van der Waals surface area contributed by atoms with Crippen molar-refractivity contribution in [1.29, 1.82) is 0 Å². The summed E-state index contributed by atoms with van der Waals surface area (Å²) in [6.45, 7) is 5.96. The van der Waals surface area contributed by atoms with Gasteiger partial charge in [-0.05, 0) is 50.1 Å². The Bertz CT molecular complexity index is 1220. The van der Waals surface area contributed by atoms with Crippen LogP contribution in [0.5, 0.6) is 23.1 Å². The number of ether oxygens (including phenoxy) is 3. The van der Waals surface area contributed by atoms with Crippen molar-refractivity contribution in [3.05, 3.63) is 59.7 Å². The third-order valence-corrected chi connectivity index (χ3v) is 4.90. The Kier molecular flexibility index (Phi) is 5.18. The minimum Gasteiger partial charge on any atom is -0.493 e. The molecular formula is C23H22N4O3. The molecule has 0 atom stereocenters. The SMILES string of the molecule is COc1cc2ncnc(Oc3cc(C)c(C)nc3-c3ccc(C)cn3)c2cc1OC. The van der Waals surface area contributed by atoms with Crippen LogP contribution in [0.1, 0.15) is 16.8 Å². The van der Waals surface area contributed by atoms with E-state index in [9.17, 15) is 0 Å². The predicted molar refractivity (Wildman–Crippen MR) is 114 cm³/mol. The Morgan fingerprint density at radius 2 is 1.57 bits per heavy atom. The molecule has 0 radical (unpaired) electrons. The second-order valence-electron chi connectivity index (χ2n) is 6.96. The zero-order valence-corrected chi connectivity index (χ0v) is 17.6. The fraction of sp³-hybridized carbons (Fsp3) is 0.217. The molecule has 152 valence electrons. The molecule has 3 heterocycles. The van der Waals surface area contributed by atoms with Gasteiger partial charge in [0.15, 0.2) is 17.2 Å². The first-order chi connectivity index (χ1) is 14.5. The Hall–Kier alpha value is -3.74. The van der Waals surface area contributed by atoms with E-state index in [0.717, 1.165) is 22.5 Å². The summed E-state index contributed by atoms with van der Waals surface area (Å²) >= 11 is 0. The molecule has 0 N–H and O–H groups in total. The number of pyridine rings is 2. The van der Waals surface area contributed by atoms with E-state index in [1.54, 1.807) is 20.3 Å². The van der Waals surface area contributed by atoms with Crippen LogP contribution in [0, 0.1) is 20.8 Å². The molecule has 0 saturated carbocycles. The highest BCUT2D eigenvalue weighted by atomic mass is 16.5. The number of aromatic nitrogens is 4. The van der Waals surface area contributed by atoms with Gasteiger partial charge in [-0.3, -0.25) is 4.98 Å². The Balaban J connectivity index is 1.86. The maximum Gasteiger partial charge on any atom is 0.230 e. The molecule has 0 fully saturated rings. The van der Waals surface area contributed by atoms with Crippen LogP contribution in [0.2, 0.25) is 0 Å². The standard InChI is InChI=1S/C23H22N4O3/c1-13-6-7-17(24-11-13)22-21(8-14(2)15(3)27-22)30-23-16-9-19(28-4)20(29-5)10-18(16)25-12-26-23/h6-12H,1-5H3. The molecule has 0 unspecified atom stereocenters. The Morgan fingerprint density at radius 1 is 0.800 bits per heavy atom. The Morgan fingerprint density at radius 3 is 2.27 bits per heavy atom. The van der Waals surface area contributed by atoms with E-state index < -0.39 is 0 Å². The summed E-state index contributed by atoms with van der Waals surface area (Å²) < 4.78 is 17.1. The van der Waals surface area contributed by atoms with Gasteiger partial charge in [-0.1, -0.05) is 6.07 Å². The summed E-state index contributed by atoms with van der Waals surface area (Å²) in [5, 5.41) is 0.705. The van der Waals surface area contributed by atoms with Crippen LogP contribution in [0.4, 0.5) is 0 Å². The van der Waals surface area contributed by atoms with Crippen LogP contribution in [-0.4, -0.2) is 34.2 Å². The van der Waals surface area contributed by atoms with Gasteiger partial charge in [-0.2, -0.15) is 0 Å². The lowest BCUT2D eigenvalue weighted by Gasteiger charge is -2.14. The normalized spacial score (nSPS) is 10.8. The number of nitrogens with zero attached hydrogens (tertiary/aromatic N) is 4. The van der Waals surface area contributed by atoms with Crippen molar-refractivity contribution in [3.8, 4) is 34.5 Å². The molecule has 0 aliphatic heterocycles. The summed E-state index contributed by atoms with van der Waals surface area (Å²) in [5.74, 6) is 2.14. The van der Waals surface area contributed by atoms with E-state index in [2.05, 4.69) is 15.0 Å². The molecule has 4 rings (SSSR count). The predicted octanol–water partition coefficient (Wildman–Crippen LogP) is 4.82. The molecule has 0 aliphatic rings. The van der Waals surface area contributed by atoms with Crippen LogP contribution in [0.3, 0.4) is 0 Å². The van der Waals surface area contributed by atoms with E-state index in [1.165, 1.54) is 6.33 Å². The van der Waals surface area contributed by atoms with Crippen LogP contribution < -0.4 is 14.2 Å². The summed E-state index contributed by atoms with van der Waals surface area (Å²) in [6.07, 6.45) is 3.27. The smallest absolute Gasteiger partial charge is 0.230 e. The summed E-state index contributed by atoms with van der Waals surface area (Å²) in [6, 6.07) is 9.49. The average Bonchev–Trinajstić information content (AvgIpc) is 2.76. The van der Waals surface area contributed by atoms with Crippen molar-refractivity contribution >= 4 is 10.9 Å². The van der Waals surface area contributed by atoms with Crippen LogP contribution in [-0.2, 0) is 0 Å². The number of hydrogen-bond donors (Lipinski definition) is 0. The molecule has 7 nitrogen and oxygen atoms in total. The zero-order valence-electron chi connectivity index (χ0n) is 17.6. The summed E-state index contributed by atoms with van der Waals surface area (Å²) in [4.78, 5) is 17.9. The lowest BCUT2D eigenvalue weighted by Crippen LogP contribution is -2.00. The maximum absolute atomic E-state index is 6.27. The van der Waals surface area contributed by atoms with E-state index in [1.807, 2.05) is 51.2 Å². The highest BCUT2D eigenvalue weighted by Crippen LogP contribution is 2.38. The molecule has 0 bridgehead atoms. The zero-order chi connectivity index (χ0) is 21.3. The van der Waals surface area contributed by atoms with Gasteiger partial charge < -0.3 is 14.2 Å². The van der Waals surface area contributed by atoms with E-state index in [4.69, 9.17) is 19.2 Å². The number of aryl methyl sites for hydroxylation is 3. The van der Waals surface area contributed by atoms with Crippen molar-refractivity contribution < 1.29 is 14.2 Å². The third-order valence-electron chi connectivity index (χ3n) is 4.90. The number of rotatable bonds is 5. The fourth-order valence-corrected chi connectivity index (χ4v) is 3.09. The van der Waals surface area contributed by atoms with Crippen molar-refractivity contribution in [2.75, 3.05) is 14.2 Å². The molecule has 7 heteroatoms. The number of hydrogen-bond acceptors (Lipinski definition) is 7. The first-order valence-corrected chi connectivity index (χ1v) is 9.46. The molecule has 0 amide bonds. The molecule has 4 aromatic rings. The van der Waals surface area contributed by atoms with E-state index in [-0.39, 0.29) is 0 Å². The van der Waals surface area contributed by atoms with Gasteiger partial charge in [0.1, 0.15) is 12.0 Å². The van der Waals surface area contributed by atoms with Gasteiger partial charge in [0.05, 0.1) is 30.8 Å². The summed E-state index contributed by atoms with van der Waals surface area (Å²) in [7, 11) is 3.17. The largest absolute Gasteiger partial charge is 0.493 e. The first-order valence-electron chi connectivity index (χ1n) is 9.46. The molecule has 3 aromatic heterocycles. The van der Waals surface area contributed by atoms with Crippen LogP contribution in [0.15, 0.2) is 42.9 Å². The average molecular weight is 402 g/mol.